The minimum absolute atomic E-state index is 0.719. The highest BCUT2D eigenvalue weighted by Gasteiger charge is 1.95. The van der Waals surface area contributed by atoms with Gasteiger partial charge in [0.25, 0.3) is 0 Å². The average molecular weight is 207 g/mol. The summed E-state index contributed by atoms with van der Waals surface area (Å²) >= 11 is 5.76. The second-order valence-corrected chi connectivity index (χ2v) is 3.13. The lowest BCUT2D eigenvalue weighted by Gasteiger charge is -1.97. The Morgan fingerprint density at radius 2 is 2.00 bits per heavy atom. The monoisotopic (exact) mass is 206 g/mol. The van der Waals surface area contributed by atoms with Crippen molar-refractivity contribution >= 4 is 23.5 Å². The number of hydrogen-bond acceptors (Lipinski definition) is 2. The van der Waals surface area contributed by atoms with Gasteiger partial charge in [0.2, 0.25) is 0 Å². The molecule has 0 spiro atoms. The number of benzene rings is 1. The van der Waals surface area contributed by atoms with Gasteiger partial charge < -0.3 is 0 Å². The number of nitrogens with zero attached hydrogens (tertiary/aromatic N) is 2. The minimum Gasteiger partial charge on any atom is -0.159 e. The van der Waals surface area contributed by atoms with E-state index in [1.165, 1.54) is 0 Å². The number of halogens is 1. The van der Waals surface area contributed by atoms with Crippen molar-refractivity contribution in [3.05, 3.63) is 47.5 Å². The molecule has 14 heavy (non-hydrogen) atoms. The molecule has 0 saturated heterocycles. The molecule has 0 N–H and O–H groups in total. The Labute approximate surface area is 88.6 Å². The summed E-state index contributed by atoms with van der Waals surface area (Å²) in [5.41, 5.74) is 1.86. The zero-order valence-electron chi connectivity index (χ0n) is 7.94. The van der Waals surface area contributed by atoms with Gasteiger partial charge in [-0.05, 0) is 30.7 Å². The molecular formula is C11H11ClN2. The SMILES string of the molecule is C=C/C=N/N=C(\C)c1ccc(Cl)cc1. The minimum atomic E-state index is 0.719. The first kappa shape index (κ1) is 10.7. The second kappa shape index (κ2) is 5.35. The third-order valence-electron chi connectivity index (χ3n) is 1.64. The van der Waals surface area contributed by atoms with Crippen molar-refractivity contribution in [1.82, 2.24) is 0 Å². The maximum absolute atomic E-state index is 5.76. The maximum Gasteiger partial charge on any atom is 0.0671 e. The summed E-state index contributed by atoms with van der Waals surface area (Å²) in [6.07, 6.45) is 3.12. The summed E-state index contributed by atoms with van der Waals surface area (Å²) in [6.45, 7) is 5.40. The zero-order valence-corrected chi connectivity index (χ0v) is 8.70. The molecule has 1 rings (SSSR count). The Balaban J connectivity index is 2.83. The van der Waals surface area contributed by atoms with Crippen molar-refractivity contribution in [3.63, 3.8) is 0 Å². The Morgan fingerprint density at radius 3 is 2.57 bits per heavy atom. The fourth-order valence-corrected chi connectivity index (χ4v) is 1.04. The smallest absolute Gasteiger partial charge is 0.0671 e. The standard InChI is InChI=1S/C11H11ClN2/c1-3-8-13-14-9(2)10-4-6-11(12)7-5-10/h3-8H,1H2,2H3/b13-8+,14-9+. The van der Waals surface area contributed by atoms with Gasteiger partial charge in [-0.2, -0.15) is 10.2 Å². The Bertz CT molecular complexity index is 363. The number of hydrogen-bond donors (Lipinski definition) is 0. The summed E-state index contributed by atoms with van der Waals surface area (Å²) in [4.78, 5) is 0. The molecule has 0 fully saturated rings. The number of allylic oxidation sites excluding steroid dienone is 1. The van der Waals surface area contributed by atoms with Gasteiger partial charge in [-0.3, -0.25) is 0 Å². The Kier molecular flexibility index (Phi) is 4.08. The molecule has 0 radical (unpaired) electrons. The Morgan fingerprint density at radius 1 is 1.36 bits per heavy atom. The van der Waals surface area contributed by atoms with Crippen LogP contribution in [-0.2, 0) is 0 Å². The van der Waals surface area contributed by atoms with Crippen LogP contribution < -0.4 is 0 Å². The van der Waals surface area contributed by atoms with Gasteiger partial charge in [-0.15, -0.1) is 0 Å². The van der Waals surface area contributed by atoms with Gasteiger partial charge in [0.05, 0.1) is 5.71 Å². The summed E-state index contributed by atoms with van der Waals surface area (Å²) in [7, 11) is 0. The molecule has 0 atom stereocenters. The van der Waals surface area contributed by atoms with Crippen LogP contribution >= 0.6 is 11.6 Å². The van der Waals surface area contributed by atoms with E-state index in [0.29, 0.717) is 0 Å². The van der Waals surface area contributed by atoms with E-state index >= 15 is 0 Å². The highest BCUT2D eigenvalue weighted by atomic mass is 35.5. The fraction of sp³-hybridized carbons (Fsp3) is 0.0909. The van der Waals surface area contributed by atoms with E-state index in [1.54, 1.807) is 12.3 Å². The predicted octanol–water partition coefficient (Wildman–Crippen LogP) is 3.32. The van der Waals surface area contributed by atoms with Crippen molar-refractivity contribution in [2.24, 2.45) is 10.2 Å². The lowest BCUT2D eigenvalue weighted by molar-refractivity contribution is 1.24. The first-order valence-corrected chi connectivity index (χ1v) is 4.56. The summed E-state index contributed by atoms with van der Waals surface area (Å²) in [5.74, 6) is 0. The van der Waals surface area contributed by atoms with Gasteiger partial charge in [-0.25, -0.2) is 0 Å². The molecule has 0 saturated carbocycles. The van der Waals surface area contributed by atoms with Crippen LogP contribution in [0.15, 0.2) is 47.1 Å². The van der Waals surface area contributed by atoms with E-state index in [2.05, 4.69) is 16.8 Å². The first-order valence-electron chi connectivity index (χ1n) is 4.18. The first-order chi connectivity index (χ1) is 6.74. The summed E-state index contributed by atoms with van der Waals surface area (Å²) < 4.78 is 0. The largest absolute Gasteiger partial charge is 0.159 e. The predicted molar refractivity (Wildman–Crippen MR) is 62.4 cm³/mol. The molecule has 0 aromatic heterocycles. The molecule has 0 aliphatic carbocycles. The van der Waals surface area contributed by atoms with Crippen molar-refractivity contribution in [2.75, 3.05) is 0 Å². The van der Waals surface area contributed by atoms with Crippen LogP contribution in [0.3, 0.4) is 0 Å². The van der Waals surface area contributed by atoms with Gasteiger partial charge in [0, 0.05) is 11.2 Å². The van der Waals surface area contributed by atoms with Crippen molar-refractivity contribution in [2.45, 2.75) is 6.92 Å². The van der Waals surface area contributed by atoms with E-state index < -0.39 is 0 Å². The molecular weight excluding hydrogens is 196 g/mol. The molecule has 1 aromatic carbocycles. The van der Waals surface area contributed by atoms with Gasteiger partial charge in [0.1, 0.15) is 0 Å². The normalized spacial score (nSPS) is 12.0. The third-order valence-corrected chi connectivity index (χ3v) is 1.89. The molecule has 2 nitrogen and oxygen atoms in total. The van der Waals surface area contributed by atoms with Crippen LogP contribution in [0.4, 0.5) is 0 Å². The second-order valence-electron chi connectivity index (χ2n) is 2.69. The quantitative estimate of drug-likeness (QED) is 0.536. The molecule has 0 bridgehead atoms. The molecule has 0 unspecified atom stereocenters. The lowest BCUT2D eigenvalue weighted by Crippen LogP contribution is -1.92. The number of rotatable bonds is 3. The van der Waals surface area contributed by atoms with Gasteiger partial charge >= 0.3 is 0 Å². The van der Waals surface area contributed by atoms with E-state index in [0.717, 1.165) is 16.3 Å². The molecule has 0 heterocycles. The molecule has 3 heteroatoms. The summed E-state index contributed by atoms with van der Waals surface area (Å²) in [6, 6.07) is 7.47. The highest BCUT2D eigenvalue weighted by molar-refractivity contribution is 6.30. The van der Waals surface area contributed by atoms with Crippen LogP contribution in [-0.4, -0.2) is 11.9 Å². The maximum atomic E-state index is 5.76. The molecule has 0 aliphatic rings. The summed E-state index contributed by atoms with van der Waals surface area (Å²) in [5, 5.41) is 8.50. The van der Waals surface area contributed by atoms with Crippen LogP contribution in [0.25, 0.3) is 0 Å². The van der Waals surface area contributed by atoms with Gasteiger partial charge in [0.15, 0.2) is 0 Å². The lowest BCUT2D eigenvalue weighted by atomic mass is 10.1. The van der Waals surface area contributed by atoms with Crippen molar-refractivity contribution in [1.29, 1.82) is 0 Å². The average Bonchev–Trinajstić information content (AvgIpc) is 2.19. The molecule has 72 valence electrons. The topological polar surface area (TPSA) is 24.7 Å². The van der Waals surface area contributed by atoms with Crippen molar-refractivity contribution in [3.8, 4) is 0 Å². The molecule has 0 aliphatic heterocycles. The van der Waals surface area contributed by atoms with E-state index in [1.807, 2.05) is 31.2 Å². The molecule has 1 aromatic rings. The van der Waals surface area contributed by atoms with Crippen molar-refractivity contribution < 1.29 is 0 Å². The van der Waals surface area contributed by atoms with E-state index in [-0.39, 0.29) is 0 Å². The van der Waals surface area contributed by atoms with Crippen LogP contribution in [0, 0.1) is 0 Å². The fourth-order valence-electron chi connectivity index (χ4n) is 0.916. The van der Waals surface area contributed by atoms with Crippen LogP contribution in [0.2, 0.25) is 5.02 Å². The third kappa shape index (κ3) is 3.15. The molecule has 0 amide bonds. The van der Waals surface area contributed by atoms with Crippen LogP contribution in [0.5, 0.6) is 0 Å². The van der Waals surface area contributed by atoms with Gasteiger partial charge in [-0.1, -0.05) is 30.3 Å². The van der Waals surface area contributed by atoms with E-state index in [4.69, 9.17) is 11.6 Å². The zero-order chi connectivity index (χ0) is 10.4. The highest BCUT2D eigenvalue weighted by Crippen LogP contribution is 2.10. The van der Waals surface area contributed by atoms with E-state index in [9.17, 15) is 0 Å². The van der Waals surface area contributed by atoms with Crippen LogP contribution in [0.1, 0.15) is 12.5 Å². The Hall–Kier alpha value is -1.41.